The normalized spacial score (nSPS) is 26.9. The first-order valence-electron chi connectivity index (χ1n) is 4.93. The summed E-state index contributed by atoms with van der Waals surface area (Å²) >= 11 is 11.3. The zero-order valence-corrected chi connectivity index (χ0v) is 10.2. The molecule has 5 heteroatoms. The summed E-state index contributed by atoms with van der Waals surface area (Å²) in [6.45, 7) is 2.94. The van der Waals surface area contributed by atoms with E-state index in [-0.39, 0.29) is 18.5 Å². The average molecular weight is 255 g/mol. The van der Waals surface area contributed by atoms with Crippen LogP contribution in [-0.2, 0) is 14.2 Å². The van der Waals surface area contributed by atoms with E-state index in [1.165, 1.54) is 0 Å². The Bertz CT molecular complexity index is 195. The fraction of sp³-hybridized carbons (Fsp3) is 0.800. The van der Waals surface area contributed by atoms with E-state index in [0.717, 1.165) is 0 Å². The lowest BCUT2D eigenvalue weighted by molar-refractivity contribution is -0.0476. The maximum absolute atomic E-state index is 5.64. The van der Waals surface area contributed by atoms with Crippen molar-refractivity contribution in [2.75, 3.05) is 25.0 Å². The highest BCUT2D eigenvalue weighted by molar-refractivity contribution is 6.21. The van der Waals surface area contributed by atoms with E-state index in [1.54, 1.807) is 0 Å². The third kappa shape index (κ3) is 4.70. The third-order valence-electron chi connectivity index (χ3n) is 1.98. The van der Waals surface area contributed by atoms with Gasteiger partial charge in [0, 0.05) is 11.8 Å². The van der Waals surface area contributed by atoms with Crippen LogP contribution in [-0.4, -0.2) is 43.5 Å². The van der Waals surface area contributed by atoms with Crippen molar-refractivity contribution in [3.05, 3.63) is 12.2 Å². The molecule has 1 saturated heterocycles. The molecule has 1 aliphatic rings. The van der Waals surface area contributed by atoms with Crippen LogP contribution >= 0.6 is 23.2 Å². The summed E-state index contributed by atoms with van der Waals surface area (Å²) in [6.07, 6.45) is 3.38. The lowest BCUT2D eigenvalue weighted by Gasteiger charge is -2.14. The van der Waals surface area contributed by atoms with E-state index >= 15 is 0 Å². The van der Waals surface area contributed by atoms with Gasteiger partial charge in [-0.15, -0.1) is 23.2 Å². The SMILES string of the molecule is C/C=C/[C@@H]1OC[C@@H](COC(CCl)CCl)O1. The summed E-state index contributed by atoms with van der Waals surface area (Å²) in [7, 11) is 0. The van der Waals surface area contributed by atoms with Gasteiger partial charge in [0.1, 0.15) is 6.10 Å². The molecule has 15 heavy (non-hydrogen) atoms. The minimum Gasteiger partial charge on any atom is -0.373 e. The van der Waals surface area contributed by atoms with Crippen LogP contribution in [0.2, 0.25) is 0 Å². The first kappa shape index (κ1) is 13.3. The molecule has 3 nitrogen and oxygen atoms in total. The molecule has 1 rings (SSSR count). The number of ether oxygens (including phenoxy) is 3. The Hall–Kier alpha value is 0.200. The van der Waals surface area contributed by atoms with Gasteiger partial charge in [-0.25, -0.2) is 0 Å². The van der Waals surface area contributed by atoms with Crippen LogP contribution in [0.4, 0.5) is 0 Å². The molecule has 0 aliphatic carbocycles. The number of rotatable bonds is 6. The van der Waals surface area contributed by atoms with Gasteiger partial charge in [0.25, 0.3) is 0 Å². The van der Waals surface area contributed by atoms with Crippen LogP contribution in [0.25, 0.3) is 0 Å². The summed E-state index contributed by atoms with van der Waals surface area (Å²) in [5, 5.41) is 0. The molecule has 0 amide bonds. The molecule has 0 N–H and O–H groups in total. The van der Waals surface area contributed by atoms with Crippen molar-refractivity contribution >= 4 is 23.2 Å². The minimum atomic E-state index is -0.242. The van der Waals surface area contributed by atoms with Gasteiger partial charge in [-0.2, -0.15) is 0 Å². The van der Waals surface area contributed by atoms with Gasteiger partial charge in [-0.3, -0.25) is 0 Å². The monoisotopic (exact) mass is 254 g/mol. The van der Waals surface area contributed by atoms with Crippen LogP contribution in [0.15, 0.2) is 12.2 Å². The molecule has 0 aromatic carbocycles. The van der Waals surface area contributed by atoms with Crippen molar-refractivity contribution < 1.29 is 14.2 Å². The molecule has 0 spiro atoms. The quantitative estimate of drug-likeness (QED) is 0.537. The maximum atomic E-state index is 5.64. The summed E-state index contributed by atoms with van der Waals surface area (Å²) in [5.41, 5.74) is 0. The van der Waals surface area contributed by atoms with Gasteiger partial charge in [-0.05, 0) is 13.0 Å². The lowest BCUT2D eigenvalue weighted by atomic mass is 10.4. The summed E-state index contributed by atoms with van der Waals surface area (Å²) in [5.74, 6) is 0.796. The van der Waals surface area contributed by atoms with Crippen molar-refractivity contribution in [3.8, 4) is 0 Å². The number of halogens is 2. The van der Waals surface area contributed by atoms with Crippen LogP contribution in [0.1, 0.15) is 6.92 Å². The molecule has 0 aromatic heterocycles. The Morgan fingerprint density at radius 2 is 2.20 bits per heavy atom. The molecule has 1 heterocycles. The Morgan fingerprint density at radius 3 is 2.80 bits per heavy atom. The maximum Gasteiger partial charge on any atom is 0.177 e. The van der Waals surface area contributed by atoms with E-state index in [0.29, 0.717) is 25.0 Å². The minimum absolute atomic E-state index is 0.0277. The second kappa shape index (κ2) is 7.47. The molecule has 1 fully saturated rings. The van der Waals surface area contributed by atoms with E-state index in [1.807, 2.05) is 19.1 Å². The molecule has 0 saturated carbocycles. The van der Waals surface area contributed by atoms with Gasteiger partial charge < -0.3 is 14.2 Å². The molecule has 0 radical (unpaired) electrons. The molecule has 1 aliphatic heterocycles. The predicted octanol–water partition coefficient (Wildman–Crippen LogP) is 2.17. The van der Waals surface area contributed by atoms with E-state index < -0.39 is 0 Å². The zero-order valence-electron chi connectivity index (χ0n) is 8.70. The Morgan fingerprint density at radius 1 is 1.47 bits per heavy atom. The van der Waals surface area contributed by atoms with Gasteiger partial charge in [0.15, 0.2) is 6.29 Å². The first-order valence-corrected chi connectivity index (χ1v) is 6.00. The van der Waals surface area contributed by atoms with E-state index in [2.05, 4.69) is 0 Å². The van der Waals surface area contributed by atoms with Crippen molar-refractivity contribution in [1.29, 1.82) is 0 Å². The number of alkyl halides is 2. The summed E-state index contributed by atoms with van der Waals surface area (Å²) in [6, 6.07) is 0. The predicted molar refractivity (Wildman–Crippen MR) is 60.6 cm³/mol. The number of hydrogen-bond acceptors (Lipinski definition) is 3. The van der Waals surface area contributed by atoms with Gasteiger partial charge in [0.05, 0.1) is 19.3 Å². The highest BCUT2D eigenvalue weighted by atomic mass is 35.5. The lowest BCUT2D eigenvalue weighted by Crippen LogP contribution is -2.25. The molecule has 0 bridgehead atoms. The highest BCUT2D eigenvalue weighted by Gasteiger charge is 2.24. The largest absolute Gasteiger partial charge is 0.373 e. The topological polar surface area (TPSA) is 27.7 Å². The average Bonchev–Trinajstić information content (AvgIpc) is 2.68. The number of hydrogen-bond donors (Lipinski definition) is 0. The smallest absolute Gasteiger partial charge is 0.177 e. The fourth-order valence-electron chi connectivity index (χ4n) is 1.19. The molecule has 88 valence electrons. The molecule has 0 unspecified atom stereocenters. The van der Waals surface area contributed by atoms with Gasteiger partial charge in [0.2, 0.25) is 0 Å². The van der Waals surface area contributed by atoms with Crippen molar-refractivity contribution in [2.24, 2.45) is 0 Å². The van der Waals surface area contributed by atoms with Crippen molar-refractivity contribution in [1.82, 2.24) is 0 Å². The summed E-state index contributed by atoms with van der Waals surface area (Å²) in [4.78, 5) is 0. The Labute approximate surface area is 100 Å². The number of allylic oxidation sites excluding steroid dienone is 1. The Kier molecular flexibility index (Phi) is 6.61. The van der Waals surface area contributed by atoms with Crippen LogP contribution in [0.5, 0.6) is 0 Å². The molecule has 0 aromatic rings. The fourth-order valence-corrected chi connectivity index (χ4v) is 1.70. The van der Waals surface area contributed by atoms with E-state index in [9.17, 15) is 0 Å². The summed E-state index contributed by atoms with van der Waals surface area (Å²) < 4.78 is 16.3. The van der Waals surface area contributed by atoms with Crippen molar-refractivity contribution in [3.63, 3.8) is 0 Å². The van der Waals surface area contributed by atoms with Crippen LogP contribution in [0.3, 0.4) is 0 Å². The van der Waals surface area contributed by atoms with E-state index in [4.69, 9.17) is 37.4 Å². The van der Waals surface area contributed by atoms with Crippen molar-refractivity contribution in [2.45, 2.75) is 25.4 Å². The molecular weight excluding hydrogens is 239 g/mol. The standard InChI is InChI=1S/C10H16Cl2O3/c1-2-3-10-14-7-9(15-10)6-13-8(4-11)5-12/h2-3,8-10H,4-7H2,1H3/b3-2+/t9-,10-/m1/s1. The second-order valence-corrected chi connectivity index (χ2v) is 3.87. The first-order chi connectivity index (χ1) is 7.30. The molecular formula is C10H16Cl2O3. The zero-order chi connectivity index (χ0) is 11.1. The van der Waals surface area contributed by atoms with Gasteiger partial charge >= 0.3 is 0 Å². The third-order valence-corrected chi connectivity index (χ3v) is 2.67. The highest BCUT2D eigenvalue weighted by Crippen LogP contribution is 2.14. The van der Waals surface area contributed by atoms with Gasteiger partial charge in [-0.1, -0.05) is 6.08 Å². The van der Waals surface area contributed by atoms with Crippen LogP contribution in [0, 0.1) is 0 Å². The Balaban J connectivity index is 2.18. The molecule has 2 atom stereocenters. The second-order valence-electron chi connectivity index (χ2n) is 3.25. The van der Waals surface area contributed by atoms with Crippen LogP contribution < -0.4 is 0 Å².